The van der Waals surface area contributed by atoms with Crippen molar-refractivity contribution in [1.82, 2.24) is 4.90 Å². The first kappa shape index (κ1) is 17.8. The molecule has 0 radical (unpaired) electrons. The monoisotopic (exact) mass is 334 g/mol. The van der Waals surface area contributed by atoms with Crippen molar-refractivity contribution in [2.24, 2.45) is 0 Å². The second kappa shape index (κ2) is 8.33. The first-order chi connectivity index (χ1) is 11.5. The summed E-state index contributed by atoms with van der Waals surface area (Å²) in [6.07, 6.45) is 2.11. The molecule has 24 heavy (non-hydrogen) atoms. The molecular weight excluding hydrogens is 312 g/mol. The summed E-state index contributed by atoms with van der Waals surface area (Å²) >= 11 is 0. The third-order valence-corrected chi connectivity index (χ3v) is 3.76. The van der Waals surface area contributed by atoms with Gasteiger partial charge < -0.3 is 19.6 Å². The molecule has 1 fully saturated rings. The predicted molar refractivity (Wildman–Crippen MR) is 88.0 cm³/mol. The van der Waals surface area contributed by atoms with Crippen LogP contribution in [0.1, 0.15) is 26.2 Å². The quantitative estimate of drug-likeness (QED) is 0.779. The van der Waals surface area contributed by atoms with Gasteiger partial charge in [-0.05, 0) is 37.1 Å². The minimum Gasteiger partial charge on any atom is -0.484 e. The maximum absolute atomic E-state index is 12.0. The van der Waals surface area contributed by atoms with Crippen molar-refractivity contribution in [1.29, 1.82) is 0 Å². The van der Waals surface area contributed by atoms with Crippen LogP contribution in [-0.2, 0) is 14.4 Å². The van der Waals surface area contributed by atoms with Crippen molar-refractivity contribution in [2.75, 3.05) is 31.1 Å². The van der Waals surface area contributed by atoms with E-state index in [1.54, 1.807) is 29.2 Å². The third-order valence-electron chi connectivity index (χ3n) is 3.76. The lowest BCUT2D eigenvalue weighted by Crippen LogP contribution is -2.39. The molecule has 2 amide bonds. The number of hydrogen-bond acceptors (Lipinski definition) is 4. The summed E-state index contributed by atoms with van der Waals surface area (Å²) in [5.74, 6) is -0.789. The van der Waals surface area contributed by atoms with Crippen LogP contribution in [0.5, 0.6) is 5.75 Å². The molecule has 1 N–H and O–H groups in total. The van der Waals surface area contributed by atoms with E-state index in [1.807, 2.05) is 6.92 Å². The minimum absolute atomic E-state index is 0.114. The molecule has 0 aromatic heterocycles. The van der Waals surface area contributed by atoms with Crippen LogP contribution in [0, 0.1) is 0 Å². The number of ether oxygens (including phenoxy) is 1. The molecule has 0 bridgehead atoms. The number of benzene rings is 1. The molecule has 2 rings (SSSR count). The Morgan fingerprint density at radius 1 is 1.29 bits per heavy atom. The zero-order valence-electron chi connectivity index (χ0n) is 13.7. The number of anilines is 1. The van der Waals surface area contributed by atoms with Gasteiger partial charge in [0.1, 0.15) is 12.3 Å². The first-order valence-corrected chi connectivity index (χ1v) is 8.04. The van der Waals surface area contributed by atoms with E-state index >= 15 is 0 Å². The van der Waals surface area contributed by atoms with E-state index in [2.05, 4.69) is 0 Å². The number of nitrogens with zero attached hydrogens (tertiary/aromatic N) is 2. The van der Waals surface area contributed by atoms with E-state index in [-0.39, 0.29) is 25.0 Å². The second-order valence-corrected chi connectivity index (χ2v) is 5.64. The van der Waals surface area contributed by atoms with E-state index in [1.165, 1.54) is 4.90 Å². The highest BCUT2D eigenvalue weighted by atomic mass is 16.5. The van der Waals surface area contributed by atoms with Crippen LogP contribution in [0.2, 0.25) is 0 Å². The van der Waals surface area contributed by atoms with Crippen LogP contribution in [-0.4, -0.2) is 54.0 Å². The summed E-state index contributed by atoms with van der Waals surface area (Å²) in [4.78, 5) is 37.5. The first-order valence-electron chi connectivity index (χ1n) is 8.04. The number of hydrogen-bond donors (Lipinski definition) is 1. The summed E-state index contributed by atoms with van der Waals surface area (Å²) in [6, 6.07) is 6.97. The van der Waals surface area contributed by atoms with Crippen LogP contribution < -0.4 is 9.64 Å². The molecule has 1 aliphatic heterocycles. The summed E-state index contributed by atoms with van der Waals surface area (Å²) in [5, 5.41) is 8.83. The molecule has 130 valence electrons. The average Bonchev–Trinajstić information content (AvgIpc) is 2.98. The molecule has 1 heterocycles. The van der Waals surface area contributed by atoms with Gasteiger partial charge in [-0.15, -0.1) is 0 Å². The van der Waals surface area contributed by atoms with Gasteiger partial charge in [0.15, 0.2) is 6.61 Å². The van der Waals surface area contributed by atoms with Crippen molar-refractivity contribution in [2.45, 2.75) is 26.2 Å². The lowest BCUT2D eigenvalue weighted by Gasteiger charge is -2.20. The average molecular weight is 334 g/mol. The largest absolute Gasteiger partial charge is 0.484 e. The van der Waals surface area contributed by atoms with Crippen molar-refractivity contribution < 1.29 is 24.2 Å². The number of aliphatic carboxylic acids is 1. The normalized spacial score (nSPS) is 13.9. The molecule has 1 aromatic rings. The highest BCUT2D eigenvalue weighted by molar-refractivity contribution is 5.95. The number of rotatable bonds is 8. The Kier molecular flexibility index (Phi) is 6.17. The van der Waals surface area contributed by atoms with Gasteiger partial charge in [0.05, 0.1) is 0 Å². The number of carbonyl (C=O) groups is 3. The topological polar surface area (TPSA) is 87.2 Å². The zero-order valence-corrected chi connectivity index (χ0v) is 13.7. The molecule has 7 heteroatoms. The fourth-order valence-corrected chi connectivity index (χ4v) is 2.60. The van der Waals surface area contributed by atoms with E-state index in [4.69, 9.17) is 9.84 Å². The Balaban J connectivity index is 1.90. The summed E-state index contributed by atoms with van der Waals surface area (Å²) in [5.41, 5.74) is 0.815. The third kappa shape index (κ3) is 4.71. The Morgan fingerprint density at radius 2 is 2.00 bits per heavy atom. The molecular formula is C17H22N2O5. The number of carbonyl (C=O) groups excluding carboxylic acids is 2. The van der Waals surface area contributed by atoms with Gasteiger partial charge in [0.2, 0.25) is 5.91 Å². The minimum atomic E-state index is -1.04. The van der Waals surface area contributed by atoms with Crippen molar-refractivity contribution in [3.63, 3.8) is 0 Å². The van der Waals surface area contributed by atoms with E-state index in [0.29, 0.717) is 25.1 Å². The Morgan fingerprint density at radius 3 is 2.54 bits per heavy atom. The van der Waals surface area contributed by atoms with Crippen molar-refractivity contribution in [3.8, 4) is 5.75 Å². The second-order valence-electron chi connectivity index (χ2n) is 5.64. The lowest BCUT2D eigenvalue weighted by atomic mass is 10.3. The molecule has 0 saturated carbocycles. The Labute approximate surface area is 140 Å². The Bertz CT molecular complexity index is 600. The predicted octanol–water partition coefficient (Wildman–Crippen LogP) is 1.52. The smallest absolute Gasteiger partial charge is 0.323 e. The fraction of sp³-hybridized carbons (Fsp3) is 0.471. The lowest BCUT2D eigenvalue weighted by molar-refractivity contribution is -0.145. The zero-order chi connectivity index (χ0) is 17.5. The van der Waals surface area contributed by atoms with Gasteiger partial charge in [-0.1, -0.05) is 6.92 Å². The SMILES string of the molecule is CCCN(CC(=O)O)C(=O)COc1ccc(N2CCCC2=O)cc1. The fourth-order valence-electron chi connectivity index (χ4n) is 2.60. The highest BCUT2D eigenvalue weighted by Gasteiger charge is 2.21. The Hall–Kier alpha value is -2.57. The maximum Gasteiger partial charge on any atom is 0.323 e. The molecule has 0 aliphatic carbocycles. The van der Waals surface area contributed by atoms with Crippen LogP contribution >= 0.6 is 0 Å². The number of carboxylic acid groups (broad SMARTS) is 1. The van der Waals surface area contributed by atoms with Gasteiger partial charge in [-0.2, -0.15) is 0 Å². The van der Waals surface area contributed by atoms with Gasteiger partial charge in [0, 0.05) is 25.2 Å². The van der Waals surface area contributed by atoms with Crippen LogP contribution in [0.3, 0.4) is 0 Å². The molecule has 1 aromatic carbocycles. The summed E-state index contributed by atoms with van der Waals surface area (Å²) in [6.45, 7) is 2.44. The van der Waals surface area contributed by atoms with Gasteiger partial charge in [-0.25, -0.2) is 0 Å². The van der Waals surface area contributed by atoms with Gasteiger partial charge in [-0.3, -0.25) is 14.4 Å². The van der Waals surface area contributed by atoms with Crippen molar-refractivity contribution in [3.05, 3.63) is 24.3 Å². The van der Waals surface area contributed by atoms with E-state index < -0.39 is 5.97 Å². The van der Waals surface area contributed by atoms with Crippen LogP contribution in [0.4, 0.5) is 5.69 Å². The molecule has 0 unspecified atom stereocenters. The van der Waals surface area contributed by atoms with Gasteiger partial charge >= 0.3 is 5.97 Å². The molecule has 0 atom stereocenters. The van der Waals surface area contributed by atoms with E-state index in [0.717, 1.165) is 18.7 Å². The molecule has 1 saturated heterocycles. The summed E-state index contributed by atoms with van der Waals surface area (Å²) in [7, 11) is 0. The molecule has 1 aliphatic rings. The highest BCUT2D eigenvalue weighted by Crippen LogP contribution is 2.23. The standard InChI is InChI=1S/C17H22N2O5/c1-2-9-18(11-17(22)23)16(21)12-24-14-7-5-13(6-8-14)19-10-3-4-15(19)20/h5-8H,2-4,9-12H2,1H3,(H,22,23). The molecule has 0 spiro atoms. The molecule has 7 nitrogen and oxygen atoms in total. The van der Waals surface area contributed by atoms with Crippen LogP contribution in [0.15, 0.2) is 24.3 Å². The number of carboxylic acids is 1. The van der Waals surface area contributed by atoms with Crippen molar-refractivity contribution >= 4 is 23.5 Å². The van der Waals surface area contributed by atoms with E-state index in [9.17, 15) is 14.4 Å². The summed E-state index contributed by atoms with van der Waals surface area (Å²) < 4.78 is 5.43. The number of amides is 2. The van der Waals surface area contributed by atoms with Gasteiger partial charge in [0.25, 0.3) is 5.91 Å². The maximum atomic E-state index is 12.0. The van der Waals surface area contributed by atoms with Crippen LogP contribution in [0.25, 0.3) is 0 Å².